The maximum Gasteiger partial charge on any atom is 0.248 e. The fraction of sp³-hybridized carbons (Fsp3) is 0.632. The fourth-order valence-corrected chi connectivity index (χ4v) is 6.33. The smallest absolute Gasteiger partial charge is 0.248 e. The summed E-state index contributed by atoms with van der Waals surface area (Å²) in [5.41, 5.74) is 0.346. The zero-order valence-corrected chi connectivity index (χ0v) is 17.8. The molecule has 0 bridgehead atoms. The van der Waals surface area contributed by atoms with Gasteiger partial charge in [-0.05, 0) is 38.4 Å². The van der Waals surface area contributed by atoms with Crippen molar-refractivity contribution in [1.29, 1.82) is 0 Å². The predicted octanol–water partition coefficient (Wildman–Crippen LogP) is 3.64. The van der Waals surface area contributed by atoms with Crippen LogP contribution in [0.3, 0.4) is 0 Å². The lowest BCUT2D eigenvalue weighted by atomic mass is 9.97. The van der Waals surface area contributed by atoms with E-state index in [2.05, 4.69) is 16.8 Å². The quantitative estimate of drug-likeness (QED) is 0.754. The summed E-state index contributed by atoms with van der Waals surface area (Å²) in [6.07, 6.45) is 2.12. The number of rotatable bonds is 2. The molecule has 0 aliphatic carbocycles. The van der Waals surface area contributed by atoms with Crippen LogP contribution >= 0.6 is 11.6 Å². The molecular weight excluding hydrogens is 386 g/mol. The van der Waals surface area contributed by atoms with E-state index < -0.39 is 10.0 Å². The van der Waals surface area contributed by atoms with E-state index in [0.29, 0.717) is 24.5 Å². The van der Waals surface area contributed by atoms with Gasteiger partial charge < -0.3 is 4.42 Å². The van der Waals surface area contributed by atoms with Crippen molar-refractivity contribution in [2.75, 3.05) is 26.2 Å². The second-order valence-corrected chi connectivity index (χ2v) is 11.2. The normalized spacial score (nSPS) is 25.2. The minimum absolute atomic E-state index is 0.0414. The fourth-order valence-electron chi connectivity index (χ4n) is 4.17. The molecular formula is C19H26ClN3O3S. The van der Waals surface area contributed by atoms with Crippen LogP contribution in [0.15, 0.2) is 21.4 Å². The van der Waals surface area contributed by atoms with Crippen LogP contribution in [0.1, 0.15) is 46.4 Å². The lowest BCUT2D eigenvalue weighted by Crippen LogP contribution is -2.58. The van der Waals surface area contributed by atoms with E-state index in [9.17, 15) is 8.42 Å². The number of oxazole rings is 1. The Balaban J connectivity index is 1.81. The van der Waals surface area contributed by atoms with E-state index in [1.165, 1.54) is 0 Å². The van der Waals surface area contributed by atoms with Crippen LogP contribution in [0, 0.1) is 0 Å². The van der Waals surface area contributed by atoms with Gasteiger partial charge in [0.15, 0.2) is 5.58 Å². The SMILES string of the molecule is CC(C)(C)c1nc2ccc(Cl)c(S(=O)(=O)N3CCN4CCC[C@@]4(C)C3)c2o1. The van der Waals surface area contributed by atoms with Crippen molar-refractivity contribution < 1.29 is 12.8 Å². The summed E-state index contributed by atoms with van der Waals surface area (Å²) in [6.45, 7) is 10.8. The van der Waals surface area contributed by atoms with Crippen LogP contribution in [0.4, 0.5) is 0 Å². The number of nitrogens with zero attached hydrogens (tertiary/aromatic N) is 3. The minimum atomic E-state index is -3.79. The Morgan fingerprint density at radius 2 is 1.96 bits per heavy atom. The van der Waals surface area contributed by atoms with E-state index in [1.807, 2.05) is 20.8 Å². The highest BCUT2D eigenvalue weighted by atomic mass is 35.5. The predicted molar refractivity (Wildman–Crippen MR) is 106 cm³/mol. The first kappa shape index (κ1) is 19.2. The molecule has 0 radical (unpaired) electrons. The van der Waals surface area contributed by atoms with Crippen molar-refractivity contribution in [2.45, 2.75) is 56.4 Å². The number of benzene rings is 1. The second kappa shape index (κ2) is 6.17. The Bertz CT molecular complexity index is 996. The van der Waals surface area contributed by atoms with E-state index in [-0.39, 0.29) is 26.5 Å². The lowest BCUT2D eigenvalue weighted by molar-refractivity contribution is 0.0800. The highest BCUT2D eigenvalue weighted by Crippen LogP contribution is 2.39. The van der Waals surface area contributed by atoms with Crippen molar-refractivity contribution in [3.63, 3.8) is 0 Å². The Morgan fingerprint density at radius 3 is 2.67 bits per heavy atom. The van der Waals surface area contributed by atoms with Gasteiger partial charge in [0.2, 0.25) is 15.9 Å². The molecule has 1 aromatic carbocycles. The monoisotopic (exact) mass is 411 g/mol. The second-order valence-electron chi connectivity index (χ2n) is 8.92. The molecule has 0 spiro atoms. The molecule has 1 aromatic heterocycles. The number of sulfonamides is 1. The molecule has 2 fully saturated rings. The van der Waals surface area contributed by atoms with Crippen LogP contribution in [-0.2, 0) is 15.4 Å². The van der Waals surface area contributed by atoms with Gasteiger partial charge in [-0.2, -0.15) is 4.31 Å². The number of aromatic nitrogens is 1. The van der Waals surface area contributed by atoms with Crippen LogP contribution in [0.2, 0.25) is 5.02 Å². The summed E-state index contributed by atoms with van der Waals surface area (Å²) < 4.78 is 34.6. The maximum atomic E-state index is 13.5. The molecule has 27 heavy (non-hydrogen) atoms. The molecule has 6 nitrogen and oxygen atoms in total. The van der Waals surface area contributed by atoms with Gasteiger partial charge in [-0.25, -0.2) is 13.4 Å². The standard InChI is InChI=1S/C19H26ClN3O3S/c1-18(2,3)17-21-14-7-6-13(20)16(15(14)26-17)27(24,25)23-11-10-22-9-5-8-19(22,4)12-23/h6-7H,5,8-12H2,1-4H3/t19-/m0/s1. The third kappa shape index (κ3) is 3.09. The summed E-state index contributed by atoms with van der Waals surface area (Å²) in [4.78, 5) is 6.93. The van der Waals surface area contributed by atoms with Crippen molar-refractivity contribution in [3.05, 3.63) is 23.0 Å². The highest BCUT2D eigenvalue weighted by Gasteiger charge is 2.45. The Labute approximate surface area is 165 Å². The Hall–Kier alpha value is -1.15. The topological polar surface area (TPSA) is 66.7 Å². The van der Waals surface area contributed by atoms with Crippen LogP contribution < -0.4 is 0 Å². The molecule has 8 heteroatoms. The summed E-state index contributed by atoms with van der Waals surface area (Å²) >= 11 is 6.37. The van der Waals surface area contributed by atoms with Gasteiger partial charge >= 0.3 is 0 Å². The van der Waals surface area contributed by atoms with E-state index in [4.69, 9.17) is 16.0 Å². The molecule has 2 aliphatic heterocycles. The summed E-state index contributed by atoms with van der Waals surface area (Å²) in [5, 5.41) is 0.179. The molecule has 3 heterocycles. The van der Waals surface area contributed by atoms with Gasteiger partial charge in [0.05, 0.1) is 5.02 Å². The Morgan fingerprint density at radius 1 is 1.22 bits per heavy atom. The van der Waals surface area contributed by atoms with Crippen molar-refractivity contribution >= 4 is 32.7 Å². The molecule has 2 aliphatic rings. The van der Waals surface area contributed by atoms with Crippen LogP contribution in [0.25, 0.3) is 11.1 Å². The average Bonchev–Trinajstić information content (AvgIpc) is 3.16. The van der Waals surface area contributed by atoms with Gasteiger partial charge in [-0.1, -0.05) is 32.4 Å². The largest absolute Gasteiger partial charge is 0.439 e. The van der Waals surface area contributed by atoms with Gasteiger partial charge in [0.25, 0.3) is 0 Å². The number of piperazine rings is 1. The first-order chi connectivity index (χ1) is 12.5. The first-order valence-corrected chi connectivity index (χ1v) is 11.2. The Kier molecular flexibility index (Phi) is 4.39. The average molecular weight is 412 g/mol. The molecule has 2 aromatic rings. The van der Waals surface area contributed by atoms with Crippen molar-refractivity contribution in [1.82, 2.24) is 14.2 Å². The molecule has 0 N–H and O–H groups in total. The highest BCUT2D eigenvalue weighted by molar-refractivity contribution is 7.89. The number of halogens is 1. The molecule has 2 saturated heterocycles. The third-order valence-corrected chi connectivity index (χ3v) is 8.09. The van der Waals surface area contributed by atoms with Crippen LogP contribution in [-0.4, -0.2) is 54.3 Å². The van der Waals surface area contributed by atoms with E-state index >= 15 is 0 Å². The molecule has 148 valence electrons. The number of hydrogen-bond donors (Lipinski definition) is 0. The van der Waals surface area contributed by atoms with Gasteiger partial charge in [-0.15, -0.1) is 0 Å². The van der Waals surface area contributed by atoms with Crippen molar-refractivity contribution in [2.24, 2.45) is 0 Å². The minimum Gasteiger partial charge on any atom is -0.439 e. The van der Waals surface area contributed by atoms with Crippen molar-refractivity contribution in [3.8, 4) is 0 Å². The molecule has 0 unspecified atom stereocenters. The van der Waals surface area contributed by atoms with Gasteiger partial charge in [0, 0.05) is 30.6 Å². The summed E-state index contributed by atoms with van der Waals surface area (Å²) in [7, 11) is -3.79. The van der Waals surface area contributed by atoms with E-state index in [0.717, 1.165) is 25.9 Å². The summed E-state index contributed by atoms with van der Waals surface area (Å²) in [6, 6.07) is 3.31. The molecule has 0 amide bonds. The molecule has 4 rings (SSSR count). The molecule has 0 saturated carbocycles. The van der Waals surface area contributed by atoms with Gasteiger partial charge in [-0.3, -0.25) is 4.90 Å². The number of fused-ring (bicyclic) bond motifs is 2. The number of hydrogen-bond acceptors (Lipinski definition) is 5. The first-order valence-electron chi connectivity index (χ1n) is 9.37. The van der Waals surface area contributed by atoms with Crippen LogP contribution in [0.5, 0.6) is 0 Å². The summed E-state index contributed by atoms with van der Waals surface area (Å²) in [5.74, 6) is 0.504. The lowest BCUT2D eigenvalue weighted by Gasteiger charge is -2.44. The molecule has 1 atom stereocenters. The third-order valence-electron chi connectivity index (χ3n) is 5.75. The maximum absolute atomic E-state index is 13.5. The van der Waals surface area contributed by atoms with Gasteiger partial charge in [0.1, 0.15) is 10.4 Å². The zero-order chi connectivity index (χ0) is 19.6. The zero-order valence-electron chi connectivity index (χ0n) is 16.2. The van der Waals surface area contributed by atoms with E-state index in [1.54, 1.807) is 16.4 Å².